The fraction of sp³-hybridized carbons (Fsp3) is 0.250. The molecule has 0 unspecified atom stereocenters. The summed E-state index contributed by atoms with van der Waals surface area (Å²) in [6.07, 6.45) is 3.38. The standard InChI is InChI=1S/C8H10N2O2.H2O/c1-10(12-2)8(11)7-3-5-9-6-4-7;/h3-6H,1-2H3;1H2. The number of nitrogens with zero attached hydrogens (tertiary/aromatic N) is 1. The Balaban J connectivity index is 0.00000144. The van der Waals surface area contributed by atoms with Crippen LogP contribution >= 0.6 is 0 Å². The van der Waals surface area contributed by atoms with Crippen LogP contribution in [0.4, 0.5) is 0 Å². The first-order chi connectivity index (χ1) is 5.75. The summed E-state index contributed by atoms with van der Waals surface area (Å²) in [7, 11) is 3.02. The number of hydrogen-bond donors (Lipinski definition) is 0. The quantitative estimate of drug-likeness (QED) is 0.605. The second kappa shape index (κ2) is 5.23. The molecule has 0 saturated carbocycles. The number of hydrogen-bond acceptors (Lipinski definition) is 3. The van der Waals surface area contributed by atoms with Gasteiger partial charge >= 0.3 is 0 Å². The van der Waals surface area contributed by atoms with E-state index in [0.29, 0.717) is 5.56 Å². The van der Waals surface area contributed by atoms with E-state index in [2.05, 4.69) is 4.98 Å². The van der Waals surface area contributed by atoms with Crippen LogP contribution in [-0.2, 0) is 4.84 Å². The van der Waals surface area contributed by atoms with Crippen molar-refractivity contribution >= 4 is 5.91 Å². The molecule has 1 heterocycles. The van der Waals surface area contributed by atoms with Gasteiger partial charge in [-0.3, -0.25) is 9.63 Å². The fourth-order valence-corrected chi connectivity index (χ4v) is 0.794. The summed E-state index contributed by atoms with van der Waals surface area (Å²) in [6, 6.07) is 3.38. The highest BCUT2D eigenvalue weighted by Gasteiger charge is 2.10. The van der Waals surface area contributed by atoms with E-state index in [0.717, 1.165) is 0 Å². The van der Waals surface area contributed by atoms with Gasteiger partial charge in [-0.25, -0.2) is 10.0 Å². The van der Waals surface area contributed by atoms with Gasteiger partial charge in [0, 0.05) is 19.2 Å². The molecule has 0 fully saturated rings. The zero-order chi connectivity index (χ0) is 8.97. The van der Waals surface area contributed by atoms with Crippen molar-refractivity contribution in [2.45, 2.75) is 0 Å². The molecule has 0 aliphatic rings. The SMILES string of the molecule is CON(C)C(=O)c1cc[nH+]cc1.[OH-]. The first-order valence-electron chi connectivity index (χ1n) is 3.54. The van der Waals surface area contributed by atoms with Crippen molar-refractivity contribution < 1.29 is 20.1 Å². The highest BCUT2D eigenvalue weighted by atomic mass is 16.7. The smallest absolute Gasteiger partial charge is 0.277 e. The summed E-state index contributed by atoms with van der Waals surface area (Å²) in [6.45, 7) is 0. The first kappa shape index (κ1) is 11.5. The van der Waals surface area contributed by atoms with Gasteiger partial charge in [0.1, 0.15) is 0 Å². The molecule has 5 heteroatoms. The van der Waals surface area contributed by atoms with Gasteiger partial charge in [0.05, 0.1) is 12.7 Å². The largest absolute Gasteiger partial charge is 0.870 e. The highest BCUT2D eigenvalue weighted by molar-refractivity contribution is 5.92. The Morgan fingerprint density at radius 3 is 2.46 bits per heavy atom. The lowest BCUT2D eigenvalue weighted by atomic mass is 10.2. The topological polar surface area (TPSA) is 73.7 Å². The summed E-state index contributed by atoms with van der Waals surface area (Å²) in [5.41, 5.74) is 0.595. The van der Waals surface area contributed by atoms with E-state index >= 15 is 0 Å². The van der Waals surface area contributed by atoms with Crippen molar-refractivity contribution in [1.82, 2.24) is 5.06 Å². The number of H-pyrrole nitrogens is 1. The Bertz CT molecular complexity index is 263. The summed E-state index contributed by atoms with van der Waals surface area (Å²) in [5.74, 6) is -0.161. The third-order valence-electron chi connectivity index (χ3n) is 1.53. The summed E-state index contributed by atoms with van der Waals surface area (Å²) >= 11 is 0. The molecule has 2 N–H and O–H groups in total. The van der Waals surface area contributed by atoms with Crippen LogP contribution in [0.3, 0.4) is 0 Å². The molecule has 0 aliphatic carbocycles. The number of nitrogens with one attached hydrogen (secondary N) is 1. The van der Waals surface area contributed by atoms with Crippen molar-refractivity contribution in [3.8, 4) is 0 Å². The van der Waals surface area contributed by atoms with Crippen LogP contribution in [0.2, 0.25) is 0 Å². The molecule has 0 radical (unpaired) electrons. The fourth-order valence-electron chi connectivity index (χ4n) is 0.794. The zero-order valence-corrected chi connectivity index (χ0v) is 7.52. The lowest BCUT2D eigenvalue weighted by Crippen LogP contribution is -2.25. The molecular weight excluding hydrogens is 172 g/mol. The Morgan fingerprint density at radius 2 is 2.00 bits per heavy atom. The zero-order valence-electron chi connectivity index (χ0n) is 7.52. The minimum absolute atomic E-state index is 0. The number of pyridine rings is 1. The van der Waals surface area contributed by atoms with E-state index in [9.17, 15) is 4.79 Å². The minimum Gasteiger partial charge on any atom is -0.870 e. The predicted molar refractivity (Wildman–Crippen MR) is 44.0 cm³/mol. The van der Waals surface area contributed by atoms with Crippen LogP contribution in [0, 0.1) is 0 Å². The molecule has 0 aromatic carbocycles. The van der Waals surface area contributed by atoms with Gasteiger partial charge in [-0.05, 0) is 0 Å². The molecule has 0 aliphatic heterocycles. The maximum atomic E-state index is 11.4. The molecule has 1 amide bonds. The Kier molecular flexibility index (Phi) is 4.64. The van der Waals surface area contributed by atoms with E-state index < -0.39 is 0 Å². The number of hydroxylamine groups is 2. The number of rotatable bonds is 2. The average Bonchev–Trinajstić information content (AvgIpc) is 2.17. The van der Waals surface area contributed by atoms with Gasteiger partial charge in [0.2, 0.25) is 0 Å². The van der Waals surface area contributed by atoms with E-state index in [1.807, 2.05) is 0 Å². The Labute approximate surface area is 76.2 Å². The number of carbonyl (C=O) groups excluding carboxylic acids is 1. The minimum atomic E-state index is -0.161. The lowest BCUT2D eigenvalue weighted by molar-refractivity contribution is -0.378. The van der Waals surface area contributed by atoms with Crippen molar-refractivity contribution in [2.24, 2.45) is 0 Å². The molecular formula is C8H12N2O3. The number of amides is 1. The lowest BCUT2D eigenvalue weighted by Gasteiger charge is -2.12. The summed E-state index contributed by atoms with van der Waals surface area (Å²) in [4.78, 5) is 18.9. The molecule has 0 bridgehead atoms. The molecule has 1 aromatic rings. The van der Waals surface area contributed by atoms with Gasteiger partial charge in [0.15, 0.2) is 12.4 Å². The molecule has 5 nitrogen and oxygen atoms in total. The molecule has 13 heavy (non-hydrogen) atoms. The van der Waals surface area contributed by atoms with Crippen LogP contribution in [0.25, 0.3) is 0 Å². The number of aromatic nitrogens is 1. The summed E-state index contributed by atoms with van der Waals surface area (Å²) < 4.78 is 0. The van der Waals surface area contributed by atoms with Gasteiger partial charge in [-0.2, -0.15) is 0 Å². The average molecular weight is 184 g/mol. The van der Waals surface area contributed by atoms with Crippen LogP contribution < -0.4 is 4.98 Å². The second-order valence-corrected chi connectivity index (χ2v) is 2.27. The summed E-state index contributed by atoms with van der Waals surface area (Å²) in [5, 5.41) is 1.18. The molecule has 0 saturated heterocycles. The van der Waals surface area contributed by atoms with Crippen molar-refractivity contribution in [2.75, 3.05) is 14.2 Å². The normalized spacial score (nSPS) is 8.77. The van der Waals surface area contributed by atoms with Crippen molar-refractivity contribution in [1.29, 1.82) is 0 Å². The van der Waals surface area contributed by atoms with Gasteiger partial charge in [0.25, 0.3) is 5.91 Å². The molecule has 0 atom stereocenters. The Hall–Kier alpha value is -1.46. The Morgan fingerprint density at radius 1 is 1.46 bits per heavy atom. The number of carbonyl (C=O) groups is 1. The van der Waals surface area contributed by atoms with E-state index in [1.54, 1.807) is 31.6 Å². The predicted octanol–water partition coefficient (Wildman–Crippen LogP) is -0.0427. The van der Waals surface area contributed by atoms with E-state index in [-0.39, 0.29) is 11.4 Å². The number of aromatic amines is 1. The van der Waals surface area contributed by atoms with Gasteiger partial charge in [-0.1, -0.05) is 0 Å². The van der Waals surface area contributed by atoms with Gasteiger partial charge in [-0.15, -0.1) is 0 Å². The molecule has 1 rings (SSSR count). The van der Waals surface area contributed by atoms with Crippen LogP contribution in [0.5, 0.6) is 0 Å². The van der Waals surface area contributed by atoms with Crippen LogP contribution in [0.1, 0.15) is 10.4 Å². The highest BCUT2D eigenvalue weighted by Crippen LogP contribution is 1.99. The molecule has 72 valence electrons. The van der Waals surface area contributed by atoms with Gasteiger partial charge < -0.3 is 5.48 Å². The first-order valence-corrected chi connectivity index (χ1v) is 3.54. The maximum Gasteiger partial charge on any atom is 0.277 e. The monoisotopic (exact) mass is 184 g/mol. The third-order valence-corrected chi connectivity index (χ3v) is 1.53. The van der Waals surface area contributed by atoms with E-state index in [1.165, 1.54) is 12.2 Å². The van der Waals surface area contributed by atoms with Crippen LogP contribution in [0.15, 0.2) is 24.5 Å². The molecule has 1 aromatic heterocycles. The van der Waals surface area contributed by atoms with Crippen LogP contribution in [-0.4, -0.2) is 30.6 Å². The van der Waals surface area contributed by atoms with E-state index in [4.69, 9.17) is 4.84 Å². The molecule has 0 spiro atoms. The van der Waals surface area contributed by atoms with Crippen molar-refractivity contribution in [3.05, 3.63) is 30.1 Å². The second-order valence-electron chi connectivity index (χ2n) is 2.27. The third kappa shape index (κ3) is 2.81. The van der Waals surface area contributed by atoms with Crippen molar-refractivity contribution in [3.63, 3.8) is 0 Å². The maximum absolute atomic E-state index is 11.4.